The van der Waals surface area contributed by atoms with Gasteiger partial charge in [-0.25, -0.2) is 0 Å². The Kier molecular flexibility index (Phi) is 3.23. The van der Waals surface area contributed by atoms with Crippen molar-refractivity contribution in [3.8, 4) is 0 Å². The molecule has 2 atom stereocenters. The van der Waals surface area contributed by atoms with Crippen molar-refractivity contribution >= 4 is 0 Å². The van der Waals surface area contributed by atoms with Gasteiger partial charge >= 0.3 is 0 Å². The fraction of sp³-hybridized carbons (Fsp3) is 1.00. The molecule has 0 unspecified atom stereocenters. The molecule has 2 saturated heterocycles. The van der Waals surface area contributed by atoms with Crippen LogP contribution in [0.4, 0.5) is 0 Å². The zero-order valence-electron chi connectivity index (χ0n) is 8.67. The van der Waals surface area contributed by atoms with Crippen LogP contribution in [0.15, 0.2) is 0 Å². The van der Waals surface area contributed by atoms with E-state index in [0.29, 0.717) is 12.2 Å². The lowest BCUT2D eigenvalue weighted by Crippen LogP contribution is -2.33. The van der Waals surface area contributed by atoms with Crippen LogP contribution in [0.25, 0.3) is 0 Å². The number of rotatable bonds is 4. The maximum atomic E-state index is 5.62. The van der Waals surface area contributed by atoms with E-state index in [2.05, 4.69) is 11.8 Å². The zero-order chi connectivity index (χ0) is 9.10. The van der Waals surface area contributed by atoms with E-state index in [0.717, 1.165) is 0 Å². The summed E-state index contributed by atoms with van der Waals surface area (Å²) in [6.45, 7) is 6.04. The highest BCUT2D eigenvalue weighted by atomic mass is 16.6. The first-order valence-corrected chi connectivity index (χ1v) is 5.78. The average Bonchev–Trinajstić information content (AvgIpc) is 2.86. The van der Waals surface area contributed by atoms with Gasteiger partial charge in [0.15, 0.2) is 0 Å². The number of likely N-dealkylation sites (tertiary alicyclic amines) is 1. The summed E-state index contributed by atoms with van der Waals surface area (Å²) in [5.74, 6) is 0. The smallest absolute Gasteiger partial charge is 0.0968 e. The Labute approximate surface area is 81.3 Å². The summed E-state index contributed by atoms with van der Waals surface area (Å²) >= 11 is 0. The monoisotopic (exact) mass is 183 g/mol. The van der Waals surface area contributed by atoms with Gasteiger partial charge in [-0.3, -0.25) is 0 Å². The molecule has 0 amide bonds. The molecular formula is C11H21NO. The van der Waals surface area contributed by atoms with Gasteiger partial charge in [-0.15, -0.1) is 0 Å². The number of epoxide rings is 1. The third-order valence-corrected chi connectivity index (χ3v) is 3.15. The van der Waals surface area contributed by atoms with Crippen molar-refractivity contribution in [2.24, 2.45) is 0 Å². The second-order valence-corrected chi connectivity index (χ2v) is 4.36. The molecule has 2 nitrogen and oxygen atoms in total. The number of piperidine rings is 1. The number of hydrogen-bond acceptors (Lipinski definition) is 2. The van der Waals surface area contributed by atoms with Gasteiger partial charge in [-0.2, -0.15) is 0 Å². The minimum Gasteiger partial charge on any atom is -0.368 e. The third-order valence-electron chi connectivity index (χ3n) is 3.15. The summed E-state index contributed by atoms with van der Waals surface area (Å²) < 4.78 is 5.62. The van der Waals surface area contributed by atoms with Crippen molar-refractivity contribution < 1.29 is 4.74 Å². The highest BCUT2D eigenvalue weighted by Crippen LogP contribution is 2.27. The minimum absolute atomic E-state index is 0.582. The molecule has 2 heterocycles. The molecule has 0 saturated carbocycles. The molecule has 2 rings (SSSR count). The molecule has 0 bridgehead atoms. The molecule has 0 radical (unpaired) electrons. The van der Waals surface area contributed by atoms with Crippen LogP contribution in [0.1, 0.15) is 39.0 Å². The molecule has 0 spiro atoms. The van der Waals surface area contributed by atoms with Crippen molar-refractivity contribution in [1.29, 1.82) is 0 Å². The summed E-state index contributed by atoms with van der Waals surface area (Å²) in [7, 11) is 0. The van der Waals surface area contributed by atoms with E-state index in [4.69, 9.17) is 4.74 Å². The summed E-state index contributed by atoms with van der Waals surface area (Å²) in [5.41, 5.74) is 0. The quantitative estimate of drug-likeness (QED) is 0.620. The van der Waals surface area contributed by atoms with Crippen LogP contribution in [0.3, 0.4) is 0 Å². The van der Waals surface area contributed by atoms with E-state index in [-0.39, 0.29) is 0 Å². The zero-order valence-corrected chi connectivity index (χ0v) is 8.67. The molecule has 0 aliphatic carbocycles. The molecule has 2 heteroatoms. The predicted molar refractivity (Wildman–Crippen MR) is 53.9 cm³/mol. The van der Waals surface area contributed by atoms with Crippen LogP contribution in [-0.2, 0) is 4.74 Å². The summed E-state index contributed by atoms with van der Waals surface area (Å²) in [5, 5.41) is 0. The van der Waals surface area contributed by atoms with Crippen molar-refractivity contribution in [2.75, 3.05) is 19.6 Å². The Morgan fingerprint density at radius 3 is 2.62 bits per heavy atom. The molecule has 0 aromatic heterocycles. The van der Waals surface area contributed by atoms with Crippen molar-refractivity contribution in [1.82, 2.24) is 4.90 Å². The first-order valence-electron chi connectivity index (χ1n) is 5.78. The highest BCUT2D eigenvalue weighted by Gasteiger charge is 2.38. The van der Waals surface area contributed by atoms with E-state index in [1.54, 1.807) is 0 Å². The van der Waals surface area contributed by atoms with Gasteiger partial charge in [0.25, 0.3) is 0 Å². The minimum atomic E-state index is 0.582. The Balaban J connectivity index is 1.62. The topological polar surface area (TPSA) is 15.8 Å². The van der Waals surface area contributed by atoms with E-state index in [1.165, 1.54) is 51.7 Å². The average molecular weight is 183 g/mol. The first kappa shape index (κ1) is 9.47. The maximum absolute atomic E-state index is 5.62. The normalized spacial score (nSPS) is 34.8. The third kappa shape index (κ3) is 2.68. The van der Waals surface area contributed by atoms with E-state index in [1.807, 2.05) is 0 Å². The Morgan fingerprint density at radius 2 is 1.92 bits per heavy atom. The molecule has 2 aliphatic heterocycles. The predicted octanol–water partition coefficient (Wildman–Crippen LogP) is 2.04. The molecule has 13 heavy (non-hydrogen) atoms. The van der Waals surface area contributed by atoms with Crippen LogP contribution < -0.4 is 0 Å². The van der Waals surface area contributed by atoms with E-state index >= 15 is 0 Å². The SMILES string of the molecule is CCC[C@@H]1O[C@H]1CN1CCCCC1. The first-order chi connectivity index (χ1) is 6.40. The maximum Gasteiger partial charge on any atom is 0.0968 e. The van der Waals surface area contributed by atoms with Crippen LogP contribution in [0.5, 0.6) is 0 Å². The number of hydrogen-bond donors (Lipinski definition) is 0. The van der Waals surface area contributed by atoms with Gasteiger partial charge in [0.05, 0.1) is 12.2 Å². The van der Waals surface area contributed by atoms with Crippen LogP contribution in [0, 0.1) is 0 Å². The van der Waals surface area contributed by atoms with Gasteiger partial charge in [-0.1, -0.05) is 19.8 Å². The van der Waals surface area contributed by atoms with E-state index < -0.39 is 0 Å². The lowest BCUT2D eigenvalue weighted by atomic mass is 10.1. The fourth-order valence-corrected chi connectivity index (χ4v) is 2.27. The summed E-state index contributed by atoms with van der Waals surface area (Å²) in [4.78, 5) is 2.57. The van der Waals surface area contributed by atoms with Crippen molar-refractivity contribution in [2.45, 2.75) is 51.2 Å². The standard InChI is InChI=1S/C11H21NO/c1-2-6-10-11(13-10)9-12-7-4-3-5-8-12/h10-11H,2-9H2,1H3/t10-,11-/m0/s1. The van der Waals surface area contributed by atoms with Crippen LogP contribution in [-0.4, -0.2) is 36.7 Å². The largest absolute Gasteiger partial charge is 0.368 e. The molecule has 0 N–H and O–H groups in total. The van der Waals surface area contributed by atoms with Crippen molar-refractivity contribution in [3.05, 3.63) is 0 Å². The molecular weight excluding hydrogens is 162 g/mol. The van der Waals surface area contributed by atoms with Crippen LogP contribution >= 0.6 is 0 Å². The molecule has 0 aromatic carbocycles. The molecule has 2 aliphatic rings. The fourth-order valence-electron chi connectivity index (χ4n) is 2.27. The molecule has 2 fully saturated rings. The number of nitrogens with zero attached hydrogens (tertiary/aromatic N) is 1. The van der Waals surface area contributed by atoms with Gasteiger partial charge in [0, 0.05) is 6.54 Å². The Hall–Kier alpha value is -0.0800. The molecule has 0 aromatic rings. The highest BCUT2D eigenvalue weighted by molar-refractivity contribution is 4.87. The van der Waals surface area contributed by atoms with Gasteiger partial charge < -0.3 is 9.64 Å². The second kappa shape index (κ2) is 4.43. The van der Waals surface area contributed by atoms with Gasteiger partial charge in [0.2, 0.25) is 0 Å². The van der Waals surface area contributed by atoms with Crippen molar-refractivity contribution in [3.63, 3.8) is 0 Å². The Morgan fingerprint density at radius 1 is 1.15 bits per heavy atom. The summed E-state index contributed by atoms with van der Waals surface area (Å²) in [6, 6.07) is 0. The lowest BCUT2D eigenvalue weighted by molar-refractivity contribution is 0.206. The van der Waals surface area contributed by atoms with Gasteiger partial charge in [0.1, 0.15) is 0 Å². The lowest BCUT2D eigenvalue weighted by Gasteiger charge is -2.25. The summed E-state index contributed by atoms with van der Waals surface area (Å²) in [6.07, 6.45) is 7.93. The Bertz CT molecular complexity index is 154. The second-order valence-electron chi connectivity index (χ2n) is 4.36. The van der Waals surface area contributed by atoms with Gasteiger partial charge in [-0.05, 0) is 32.4 Å². The molecule has 76 valence electrons. The van der Waals surface area contributed by atoms with E-state index in [9.17, 15) is 0 Å². The number of ether oxygens (including phenoxy) is 1. The van der Waals surface area contributed by atoms with Crippen LogP contribution in [0.2, 0.25) is 0 Å².